The summed E-state index contributed by atoms with van der Waals surface area (Å²) in [5, 5.41) is 9.69. The smallest absolute Gasteiger partial charge is 0.144 e. The van der Waals surface area contributed by atoms with E-state index in [2.05, 4.69) is 21.7 Å². The van der Waals surface area contributed by atoms with E-state index in [1.807, 2.05) is 14.8 Å². The lowest BCUT2D eigenvalue weighted by Gasteiger charge is -2.14. The van der Waals surface area contributed by atoms with Crippen molar-refractivity contribution >= 4 is 26.6 Å². The van der Waals surface area contributed by atoms with Crippen LogP contribution >= 0.6 is 0 Å². The molecule has 0 bridgehead atoms. The molecule has 0 spiro atoms. The van der Waals surface area contributed by atoms with Crippen molar-refractivity contribution in [3.05, 3.63) is 16.7 Å². The summed E-state index contributed by atoms with van der Waals surface area (Å²) in [6.45, 7) is 6.12. The lowest BCUT2D eigenvalue weighted by molar-refractivity contribution is 0.475. The zero-order valence-corrected chi connectivity index (χ0v) is 8.45. The first-order valence-electron chi connectivity index (χ1n) is 4.22. The molecule has 1 aromatic rings. The van der Waals surface area contributed by atoms with Crippen LogP contribution in [0.3, 0.4) is 0 Å². The molecule has 12 heavy (non-hydrogen) atoms. The van der Waals surface area contributed by atoms with Crippen molar-refractivity contribution in [1.82, 2.24) is 0 Å². The second-order valence-corrected chi connectivity index (χ2v) is 3.47. The summed E-state index contributed by atoms with van der Waals surface area (Å²) in [5.74, 6) is 0.454. The Morgan fingerprint density at radius 1 is 0.833 bits per heavy atom. The quantitative estimate of drug-likeness (QED) is 0.474. The number of hydrogen-bond donors (Lipinski definition) is 1. The largest absolute Gasteiger partial charge is 0.508 e. The maximum atomic E-state index is 9.69. The minimum absolute atomic E-state index is 0.454. The summed E-state index contributed by atoms with van der Waals surface area (Å²) >= 11 is 0. The molecule has 0 aliphatic carbocycles. The van der Waals surface area contributed by atoms with Gasteiger partial charge in [-0.2, -0.15) is 0 Å². The zero-order valence-electron chi connectivity index (χ0n) is 8.45. The summed E-state index contributed by atoms with van der Waals surface area (Å²) in [6.07, 6.45) is 0. The number of aromatic hydroxyl groups is 1. The molecule has 1 aromatic carbocycles. The third-order valence-electron chi connectivity index (χ3n) is 2.96. The minimum atomic E-state index is 0.454. The molecule has 62 valence electrons. The van der Waals surface area contributed by atoms with E-state index < -0.39 is 0 Å². The van der Waals surface area contributed by atoms with Crippen LogP contribution in [-0.4, -0.2) is 20.8 Å². The fourth-order valence-electron chi connectivity index (χ4n) is 1.48. The predicted octanol–water partition coefficient (Wildman–Crippen LogP) is -1.17. The fourth-order valence-corrected chi connectivity index (χ4v) is 1.48. The Labute approximate surface area is 75.6 Å². The highest BCUT2D eigenvalue weighted by Crippen LogP contribution is 2.14. The van der Waals surface area contributed by atoms with Gasteiger partial charge in [-0.25, -0.2) is 0 Å². The van der Waals surface area contributed by atoms with Crippen LogP contribution in [0.4, 0.5) is 0 Å². The molecule has 0 fully saturated rings. The second kappa shape index (κ2) is 2.89. The van der Waals surface area contributed by atoms with E-state index in [1.165, 1.54) is 16.6 Å². The molecule has 1 N–H and O–H groups in total. The molecule has 0 unspecified atom stereocenters. The zero-order chi connectivity index (χ0) is 9.46. The number of phenolic OH excluding ortho intramolecular Hbond substituents is 1. The third kappa shape index (κ3) is 1.13. The van der Waals surface area contributed by atoms with E-state index in [0.29, 0.717) is 5.75 Å². The van der Waals surface area contributed by atoms with Gasteiger partial charge in [-0.05, 0) is 31.8 Å². The Morgan fingerprint density at radius 2 is 1.25 bits per heavy atom. The van der Waals surface area contributed by atoms with Crippen molar-refractivity contribution in [1.29, 1.82) is 0 Å². The molecule has 1 rings (SSSR count). The van der Waals surface area contributed by atoms with Crippen molar-refractivity contribution in [3.8, 4) is 5.75 Å². The third-order valence-corrected chi connectivity index (χ3v) is 2.96. The number of benzene rings is 1. The van der Waals surface area contributed by atoms with Gasteiger partial charge in [0.15, 0.2) is 0 Å². The molecule has 0 aromatic heterocycles. The van der Waals surface area contributed by atoms with Crippen LogP contribution in [0.2, 0.25) is 0 Å². The minimum Gasteiger partial charge on any atom is -0.508 e. The molecule has 1 nitrogen and oxygen atoms in total. The summed E-state index contributed by atoms with van der Waals surface area (Å²) in [5.41, 5.74) is 5.72. The highest BCUT2D eigenvalue weighted by atomic mass is 16.3. The Bertz CT molecular complexity index is 227. The first kappa shape index (κ1) is 9.24. The maximum absolute atomic E-state index is 9.69. The van der Waals surface area contributed by atoms with Crippen molar-refractivity contribution in [2.24, 2.45) is 0 Å². The van der Waals surface area contributed by atoms with Gasteiger partial charge in [0.2, 0.25) is 0 Å². The number of rotatable bonds is 0. The second-order valence-electron chi connectivity index (χ2n) is 3.47. The maximum Gasteiger partial charge on any atom is 0.144 e. The molecule has 3 heteroatoms. The van der Waals surface area contributed by atoms with E-state index in [-0.39, 0.29) is 0 Å². The first-order valence-corrected chi connectivity index (χ1v) is 4.22. The molecule has 0 saturated carbocycles. The normalized spacial score (nSPS) is 10.2. The molecular weight excluding hydrogens is 146 g/mol. The number of phenols is 1. The molecule has 0 heterocycles. The molecule has 0 saturated heterocycles. The molecule has 0 amide bonds. The van der Waals surface area contributed by atoms with Gasteiger partial charge in [-0.3, -0.25) is 0 Å². The Morgan fingerprint density at radius 3 is 1.75 bits per heavy atom. The van der Waals surface area contributed by atoms with Crippen molar-refractivity contribution < 1.29 is 5.11 Å². The predicted molar refractivity (Wildman–Crippen MR) is 58.7 cm³/mol. The SMILES string of the molecule is Bc1c(C)c(C)c(B)c(O)c1C. The summed E-state index contributed by atoms with van der Waals surface area (Å²) < 4.78 is 0. The van der Waals surface area contributed by atoms with Gasteiger partial charge in [-0.1, -0.05) is 16.6 Å². The first-order chi connectivity index (χ1) is 5.46. The van der Waals surface area contributed by atoms with E-state index in [4.69, 9.17) is 0 Å². The lowest BCUT2D eigenvalue weighted by atomic mass is 9.77. The number of hydrogen-bond acceptors (Lipinski definition) is 1. The summed E-state index contributed by atoms with van der Waals surface area (Å²) in [4.78, 5) is 0. The van der Waals surface area contributed by atoms with Crippen LogP contribution in [0, 0.1) is 20.8 Å². The summed E-state index contributed by atoms with van der Waals surface area (Å²) in [6, 6.07) is 0. The van der Waals surface area contributed by atoms with Gasteiger partial charge in [-0.15, -0.1) is 0 Å². The highest BCUT2D eigenvalue weighted by Gasteiger charge is 2.09. The Kier molecular flexibility index (Phi) is 2.22. The highest BCUT2D eigenvalue weighted by molar-refractivity contribution is 6.39. The molecule has 0 aliphatic rings. The molecule has 0 atom stereocenters. The van der Waals surface area contributed by atoms with Crippen molar-refractivity contribution in [2.45, 2.75) is 20.8 Å². The van der Waals surface area contributed by atoms with Crippen LogP contribution in [0.5, 0.6) is 5.75 Å². The Balaban J connectivity index is 3.60. The van der Waals surface area contributed by atoms with Gasteiger partial charge < -0.3 is 5.11 Å². The van der Waals surface area contributed by atoms with E-state index in [1.54, 1.807) is 0 Å². The van der Waals surface area contributed by atoms with Crippen molar-refractivity contribution in [3.63, 3.8) is 0 Å². The average Bonchev–Trinajstić information content (AvgIpc) is 2.08. The van der Waals surface area contributed by atoms with Gasteiger partial charge in [0.05, 0.1) is 0 Å². The lowest BCUT2D eigenvalue weighted by Crippen LogP contribution is -2.22. The molecule has 0 aliphatic heterocycles. The Hall–Kier alpha value is -0.850. The molecule has 0 radical (unpaired) electrons. The fraction of sp³-hybridized carbons (Fsp3) is 0.333. The average molecular weight is 160 g/mol. The summed E-state index contributed by atoms with van der Waals surface area (Å²) in [7, 11) is 4.01. The van der Waals surface area contributed by atoms with Crippen LogP contribution in [-0.2, 0) is 0 Å². The van der Waals surface area contributed by atoms with Crippen LogP contribution in [0.25, 0.3) is 0 Å². The molecular formula is C9H14B2O. The van der Waals surface area contributed by atoms with Crippen LogP contribution in [0.15, 0.2) is 0 Å². The van der Waals surface area contributed by atoms with Gasteiger partial charge in [0, 0.05) is 0 Å². The van der Waals surface area contributed by atoms with Crippen LogP contribution in [0.1, 0.15) is 16.7 Å². The van der Waals surface area contributed by atoms with Gasteiger partial charge in [0.1, 0.15) is 21.4 Å². The topological polar surface area (TPSA) is 20.2 Å². The van der Waals surface area contributed by atoms with Gasteiger partial charge >= 0.3 is 0 Å². The standard InChI is InChI=1S/C9H14B2O/c1-4-5(2)8(11)9(12)6(3)7(4)10/h12H,10-11H2,1-3H3. The van der Waals surface area contributed by atoms with E-state index in [0.717, 1.165) is 11.0 Å². The van der Waals surface area contributed by atoms with E-state index >= 15 is 0 Å². The van der Waals surface area contributed by atoms with Crippen molar-refractivity contribution in [2.75, 3.05) is 0 Å². The van der Waals surface area contributed by atoms with E-state index in [9.17, 15) is 5.11 Å². The van der Waals surface area contributed by atoms with Gasteiger partial charge in [0.25, 0.3) is 0 Å². The van der Waals surface area contributed by atoms with Crippen LogP contribution < -0.4 is 10.9 Å². The monoisotopic (exact) mass is 160 g/mol.